The van der Waals surface area contributed by atoms with Crippen LogP contribution in [0, 0.1) is 12.8 Å². The smallest absolute Gasteiger partial charge is 0.0508 e. The molecule has 0 aromatic heterocycles. The molecule has 1 nitrogen and oxygen atoms in total. The van der Waals surface area contributed by atoms with Gasteiger partial charge in [-0.2, -0.15) is 0 Å². The van der Waals surface area contributed by atoms with Crippen LogP contribution in [0.3, 0.4) is 0 Å². The molecule has 1 unspecified atom stereocenters. The summed E-state index contributed by atoms with van der Waals surface area (Å²) in [6, 6.07) is 8.57. The standard InChI is InChI=1S/C13H19ClO/c1-3-15-10-13(9-14)8-12-6-4-5-11(2)7-12/h4-7,13H,3,8-10H2,1-2H3. The fourth-order valence-electron chi connectivity index (χ4n) is 1.61. The second-order valence-electron chi connectivity index (χ2n) is 3.87. The summed E-state index contributed by atoms with van der Waals surface area (Å²) in [6.07, 6.45) is 1.01. The van der Waals surface area contributed by atoms with Gasteiger partial charge in [0.2, 0.25) is 0 Å². The summed E-state index contributed by atoms with van der Waals surface area (Å²) in [5, 5.41) is 0. The highest BCUT2D eigenvalue weighted by molar-refractivity contribution is 6.18. The summed E-state index contributed by atoms with van der Waals surface area (Å²) in [4.78, 5) is 0. The largest absolute Gasteiger partial charge is 0.381 e. The summed E-state index contributed by atoms with van der Waals surface area (Å²) >= 11 is 5.91. The maximum absolute atomic E-state index is 5.91. The van der Waals surface area contributed by atoms with Gasteiger partial charge < -0.3 is 4.74 Å². The quantitative estimate of drug-likeness (QED) is 0.676. The highest BCUT2D eigenvalue weighted by atomic mass is 35.5. The van der Waals surface area contributed by atoms with Crippen LogP contribution in [0.4, 0.5) is 0 Å². The predicted octanol–water partition coefficient (Wildman–Crippen LogP) is 3.43. The molecule has 0 spiro atoms. The van der Waals surface area contributed by atoms with Crippen molar-refractivity contribution < 1.29 is 4.74 Å². The highest BCUT2D eigenvalue weighted by Crippen LogP contribution is 2.12. The Bertz CT molecular complexity index is 286. The lowest BCUT2D eigenvalue weighted by Crippen LogP contribution is -2.14. The number of rotatable bonds is 6. The molecule has 0 fully saturated rings. The molecule has 1 aromatic carbocycles. The fourth-order valence-corrected chi connectivity index (χ4v) is 1.81. The number of ether oxygens (including phenoxy) is 1. The van der Waals surface area contributed by atoms with Crippen LogP contribution in [-0.2, 0) is 11.2 Å². The predicted molar refractivity (Wildman–Crippen MR) is 65.6 cm³/mol. The highest BCUT2D eigenvalue weighted by Gasteiger charge is 2.08. The Kier molecular flexibility index (Phi) is 5.74. The Balaban J connectivity index is 2.50. The van der Waals surface area contributed by atoms with Crippen LogP contribution in [0.2, 0.25) is 0 Å². The zero-order valence-corrected chi connectivity index (χ0v) is 10.3. The number of benzene rings is 1. The lowest BCUT2D eigenvalue weighted by molar-refractivity contribution is 0.117. The van der Waals surface area contributed by atoms with Crippen molar-refractivity contribution in [2.75, 3.05) is 19.1 Å². The van der Waals surface area contributed by atoms with Crippen molar-refractivity contribution in [3.8, 4) is 0 Å². The average Bonchev–Trinajstić information content (AvgIpc) is 2.24. The van der Waals surface area contributed by atoms with Gasteiger partial charge in [0.1, 0.15) is 0 Å². The zero-order valence-electron chi connectivity index (χ0n) is 9.50. The summed E-state index contributed by atoms with van der Waals surface area (Å²) in [7, 11) is 0. The number of hydrogen-bond acceptors (Lipinski definition) is 1. The van der Waals surface area contributed by atoms with Crippen molar-refractivity contribution in [1.82, 2.24) is 0 Å². The van der Waals surface area contributed by atoms with Gasteiger partial charge in [0.15, 0.2) is 0 Å². The van der Waals surface area contributed by atoms with Crippen molar-refractivity contribution in [3.05, 3.63) is 35.4 Å². The summed E-state index contributed by atoms with van der Waals surface area (Å²) < 4.78 is 5.40. The summed E-state index contributed by atoms with van der Waals surface area (Å²) in [5.41, 5.74) is 2.65. The Hall–Kier alpha value is -0.530. The minimum atomic E-state index is 0.424. The molecule has 2 heteroatoms. The molecular formula is C13H19ClO. The first-order valence-corrected chi connectivity index (χ1v) is 5.99. The van der Waals surface area contributed by atoms with E-state index in [1.807, 2.05) is 6.92 Å². The van der Waals surface area contributed by atoms with Crippen molar-refractivity contribution in [1.29, 1.82) is 0 Å². The van der Waals surface area contributed by atoms with Gasteiger partial charge in [-0.25, -0.2) is 0 Å². The van der Waals surface area contributed by atoms with Gasteiger partial charge in [-0.3, -0.25) is 0 Å². The number of hydrogen-bond donors (Lipinski definition) is 0. The van der Waals surface area contributed by atoms with Gasteiger partial charge in [-0.1, -0.05) is 29.8 Å². The van der Waals surface area contributed by atoms with E-state index in [2.05, 4.69) is 31.2 Å². The molecule has 1 rings (SSSR count). The minimum Gasteiger partial charge on any atom is -0.381 e. The second-order valence-corrected chi connectivity index (χ2v) is 4.18. The molecule has 0 heterocycles. The van der Waals surface area contributed by atoms with Crippen LogP contribution in [-0.4, -0.2) is 19.1 Å². The summed E-state index contributed by atoms with van der Waals surface area (Å²) in [5.74, 6) is 1.09. The molecule has 0 aliphatic carbocycles. The molecule has 1 aromatic rings. The van der Waals surface area contributed by atoms with Crippen LogP contribution >= 0.6 is 11.6 Å². The molecule has 0 amide bonds. The third-order valence-corrected chi connectivity index (χ3v) is 2.82. The topological polar surface area (TPSA) is 9.23 Å². The maximum atomic E-state index is 5.91. The lowest BCUT2D eigenvalue weighted by atomic mass is 10.0. The molecule has 0 N–H and O–H groups in total. The van der Waals surface area contributed by atoms with Gasteiger partial charge in [-0.05, 0) is 31.7 Å². The molecule has 0 aliphatic heterocycles. The van der Waals surface area contributed by atoms with Gasteiger partial charge in [0.05, 0.1) is 6.61 Å². The molecular weight excluding hydrogens is 208 g/mol. The van der Waals surface area contributed by atoms with E-state index in [-0.39, 0.29) is 0 Å². The minimum absolute atomic E-state index is 0.424. The van der Waals surface area contributed by atoms with E-state index in [1.54, 1.807) is 0 Å². The van der Waals surface area contributed by atoms with Crippen molar-refractivity contribution in [2.45, 2.75) is 20.3 Å². The molecule has 0 radical (unpaired) electrons. The van der Waals surface area contributed by atoms with Crippen LogP contribution in [0.1, 0.15) is 18.1 Å². The second kappa shape index (κ2) is 6.86. The van der Waals surface area contributed by atoms with Gasteiger partial charge in [0.25, 0.3) is 0 Å². The molecule has 0 saturated heterocycles. The Labute approximate surface area is 97.4 Å². The van der Waals surface area contributed by atoms with E-state index in [0.29, 0.717) is 11.8 Å². The Morgan fingerprint density at radius 1 is 1.40 bits per heavy atom. The average molecular weight is 227 g/mol. The molecule has 15 heavy (non-hydrogen) atoms. The van der Waals surface area contributed by atoms with E-state index in [4.69, 9.17) is 16.3 Å². The summed E-state index contributed by atoms with van der Waals surface area (Å²) in [6.45, 7) is 5.65. The number of aryl methyl sites for hydroxylation is 1. The SMILES string of the molecule is CCOCC(CCl)Cc1cccc(C)c1. The molecule has 1 atom stereocenters. The molecule has 0 bridgehead atoms. The van der Waals surface area contributed by atoms with Gasteiger partial charge in [-0.15, -0.1) is 11.6 Å². The fraction of sp³-hybridized carbons (Fsp3) is 0.538. The van der Waals surface area contributed by atoms with Crippen LogP contribution in [0.5, 0.6) is 0 Å². The normalized spacial score (nSPS) is 12.7. The first-order chi connectivity index (χ1) is 7.26. The molecule has 0 aliphatic rings. The van der Waals surface area contributed by atoms with Gasteiger partial charge >= 0.3 is 0 Å². The van der Waals surface area contributed by atoms with E-state index < -0.39 is 0 Å². The van der Waals surface area contributed by atoms with Crippen molar-refractivity contribution in [3.63, 3.8) is 0 Å². The van der Waals surface area contributed by atoms with E-state index in [1.165, 1.54) is 11.1 Å². The first-order valence-electron chi connectivity index (χ1n) is 5.45. The van der Waals surface area contributed by atoms with Crippen molar-refractivity contribution >= 4 is 11.6 Å². The van der Waals surface area contributed by atoms with Crippen LogP contribution < -0.4 is 0 Å². The zero-order chi connectivity index (χ0) is 11.1. The molecule has 0 saturated carbocycles. The van der Waals surface area contributed by atoms with Crippen molar-refractivity contribution in [2.24, 2.45) is 5.92 Å². The monoisotopic (exact) mass is 226 g/mol. The van der Waals surface area contributed by atoms with Crippen LogP contribution in [0.15, 0.2) is 24.3 Å². The van der Waals surface area contributed by atoms with Gasteiger partial charge in [0, 0.05) is 12.5 Å². The molecule has 84 valence electrons. The maximum Gasteiger partial charge on any atom is 0.0508 e. The Morgan fingerprint density at radius 3 is 2.80 bits per heavy atom. The van der Waals surface area contributed by atoms with E-state index in [0.717, 1.165) is 19.6 Å². The third kappa shape index (κ3) is 4.67. The van der Waals surface area contributed by atoms with Crippen LogP contribution in [0.25, 0.3) is 0 Å². The Morgan fingerprint density at radius 2 is 2.20 bits per heavy atom. The number of alkyl halides is 1. The van der Waals surface area contributed by atoms with E-state index >= 15 is 0 Å². The lowest BCUT2D eigenvalue weighted by Gasteiger charge is -2.13. The third-order valence-electron chi connectivity index (χ3n) is 2.38. The van der Waals surface area contributed by atoms with E-state index in [9.17, 15) is 0 Å². The number of halogens is 1. The first kappa shape index (κ1) is 12.5.